The molecule has 0 aliphatic heterocycles. The number of hydrogen-bond acceptors (Lipinski definition) is 8. The third-order valence-electron chi connectivity index (χ3n) is 19.4. The summed E-state index contributed by atoms with van der Waals surface area (Å²) in [6.45, 7) is 21.0. The van der Waals surface area contributed by atoms with E-state index in [1.165, 1.54) is 126 Å². The highest BCUT2D eigenvalue weighted by Crippen LogP contribution is 2.48. The van der Waals surface area contributed by atoms with Crippen LogP contribution in [0.25, 0.3) is 22.3 Å². The van der Waals surface area contributed by atoms with Crippen LogP contribution in [-0.2, 0) is 0 Å². The first-order valence-electron chi connectivity index (χ1n) is 33.4. The SMILES string of the molecule is CCCCCC1CCC(COc2c(C)cc(-c3ccc(Sc4ccc(Nc5ccccc5C)c5c4C(=O)c4c(Sc6ccc(-c7cc(C)c(OCC8CCC(CCCCC)CC8)c(C)c7)cc6)ccc(Nc6cc(C)ccc6C)c4C5=O)cc3)cc2C)CC1. The summed E-state index contributed by atoms with van der Waals surface area (Å²) in [7, 11) is 0. The molecule has 6 nitrogen and oxygen atoms in total. The fraction of sp³-hybridized carbons (Fsp3) is 0.383. The van der Waals surface area contributed by atoms with E-state index in [2.05, 4.69) is 170 Å². The van der Waals surface area contributed by atoms with Crippen LogP contribution in [0, 0.1) is 72.1 Å². The first-order chi connectivity index (χ1) is 43.2. The average molecular weight is 1220 g/mol. The van der Waals surface area contributed by atoms with Crippen molar-refractivity contribution < 1.29 is 19.1 Å². The van der Waals surface area contributed by atoms with Crippen LogP contribution in [-0.4, -0.2) is 24.8 Å². The van der Waals surface area contributed by atoms with Crippen molar-refractivity contribution in [1.29, 1.82) is 0 Å². The maximum atomic E-state index is 16.1. The van der Waals surface area contributed by atoms with Crippen LogP contribution >= 0.6 is 23.5 Å². The van der Waals surface area contributed by atoms with Gasteiger partial charge in [-0.05, 0) is 244 Å². The number of aryl methyl sites for hydroxylation is 7. The maximum Gasteiger partial charge on any atom is 0.198 e. The highest BCUT2D eigenvalue weighted by Gasteiger charge is 2.39. The molecule has 89 heavy (non-hydrogen) atoms. The summed E-state index contributed by atoms with van der Waals surface area (Å²) in [5.74, 6) is 4.65. The minimum absolute atomic E-state index is 0.183. The Hall–Kier alpha value is -7.00. The maximum absolute atomic E-state index is 16.1. The predicted octanol–water partition coefficient (Wildman–Crippen LogP) is 23.3. The predicted molar refractivity (Wildman–Crippen MR) is 375 cm³/mol. The van der Waals surface area contributed by atoms with E-state index in [4.69, 9.17) is 9.47 Å². The van der Waals surface area contributed by atoms with Crippen molar-refractivity contribution in [3.8, 4) is 33.8 Å². The lowest BCUT2D eigenvalue weighted by Crippen LogP contribution is -2.25. The summed E-state index contributed by atoms with van der Waals surface area (Å²) in [6, 6.07) is 48.5. The molecule has 2 fully saturated rings. The summed E-state index contributed by atoms with van der Waals surface area (Å²) < 4.78 is 13.2. The van der Waals surface area contributed by atoms with Gasteiger partial charge >= 0.3 is 0 Å². The first-order valence-corrected chi connectivity index (χ1v) is 35.0. The van der Waals surface area contributed by atoms with Gasteiger partial charge in [-0.15, -0.1) is 0 Å². The molecule has 0 heterocycles. The Morgan fingerprint density at radius 3 is 1.22 bits per heavy atom. The third-order valence-corrected chi connectivity index (χ3v) is 21.5. The van der Waals surface area contributed by atoms with Crippen molar-refractivity contribution in [3.05, 3.63) is 201 Å². The Balaban J connectivity index is 0.866. The smallest absolute Gasteiger partial charge is 0.198 e. The number of rotatable bonds is 24. The highest BCUT2D eigenvalue weighted by molar-refractivity contribution is 7.99. The second kappa shape index (κ2) is 29.3. The van der Waals surface area contributed by atoms with Crippen LogP contribution in [0.15, 0.2) is 159 Å². The number of ether oxygens (including phenoxy) is 2. The zero-order valence-corrected chi connectivity index (χ0v) is 55.9. The zero-order chi connectivity index (χ0) is 62.1. The van der Waals surface area contributed by atoms with Gasteiger partial charge in [-0.3, -0.25) is 9.59 Å². The van der Waals surface area contributed by atoms with Gasteiger partial charge in [-0.25, -0.2) is 0 Å². The van der Waals surface area contributed by atoms with Crippen molar-refractivity contribution in [1.82, 2.24) is 0 Å². The van der Waals surface area contributed by atoms with Gasteiger partial charge in [0.05, 0.1) is 35.7 Å². The quantitative estimate of drug-likeness (QED) is 0.0580. The molecule has 0 amide bonds. The summed E-state index contributed by atoms with van der Waals surface area (Å²) >= 11 is 3.04. The van der Waals surface area contributed by atoms with Crippen molar-refractivity contribution in [2.45, 2.75) is 185 Å². The molecule has 0 radical (unpaired) electrons. The van der Waals surface area contributed by atoms with E-state index >= 15 is 9.59 Å². The number of unbranched alkanes of at least 4 members (excludes halogenated alkanes) is 4. The normalized spacial score (nSPS) is 17.3. The van der Waals surface area contributed by atoms with Crippen molar-refractivity contribution >= 4 is 57.8 Å². The number of carbonyl (C=O) groups excluding carboxylic acids is 2. The third kappa shape index (κ3) is 15.1. The molecular weight excluding hydrogens is 1130 g/mol. The van der Waals surface area contributed by atoms with Crippen LogP contribution in [0.1, 0.15) is 187 Å². The minimum Gasteiger partial charge on any atom is -0.493 e. The van der Waals surface area contributed by atoms with Crippen LogP contribution in [0.4, 0.5) is 22.7 Å². The van der Waals surface area contributed by atoms with Gasteiger partial charge in [0.15, 0.2) is 11.6 Å². The molecule has 0 bridgehead atoms. The van der Waals surface area contributed by atoms with Gasteiger partial charge in [0.2, 0.25) is 0 Å². The molecule has 2 N–H and O–H groups in total. The van der Waals surface area contributed by atoms with E-state index in [0.717, 1.165) is 129 Å². The van der Waals surface area contributed by atoms with Gasteiger partial charge in [-0.2, -0.15) is 0 Å². The number of ketones is 2. The second-order valence-corrected chi connectivity index (χ2v) is 28.5. The highest BCUT2D eigenvalue weighted by atomic mass is 32.2. The Labute approximate surface area is 540 Å². The lowest BCUT2D eigenvalue weighted by molar-refractivity contribution is 0.0976. The molecule has 8 heteroatoms. The molecule has 8 aromatic carbocycles. The Morgan fingerprint density at radius 1 is 0.382 bits per heavy atom. The second-order valence-electron chi connectivity index (χ2n) is 26.3. The molecular formula is C81H92N2O4S2. The number of anilines is 4. The molecule has 8 aromatic rings. The van der Waals surface area contributed by atoms with Crippen LogP contribution in [0.2, 0.25) is 0 Å². The number of benzene rings is 8. The monoisotopic (exact) mass is 1220 g/mol. The van der Waals surface area contributed by atoms with E-state index in [1.807, 2.05) is 42.5 Å². The van der Waals surface area contributed by atoms with Crippen LogP contribution in [0.5, 0.6) is 11.5 Å². The number of carbonyl (C=O) groups is 2. The van der Waals surface area contributed by atoms with Gasteiger partial charge in [0.25, 0.3) is 0 Å². The largest absolute Gasteiger partial charge is 0.493 e. The molecule has 3 aliphatic carbocycles. The van der Waals surface area contributed by atoms with Crippen LogP contribution in [0.3, 0.4) is 0 Å². The van der Waals surface area contributed by atoms with Gasteiger partial charge < -0.3 is 20.1 Å². The lowest BCUT2D eigenvalue weighted by Gasteiger charge is -2.29. The Kier molecular flexibility index (Phi) is 20.9. The Bertz CT molecular complexity index is 3770. The van der Waals surface area contributed by atoms with E-state index in [0.29, 0.717) is 45.5 Å². The standard InChI is InChI=1S/C81H92N2O4S2/c1-10-12-14-19-58-24-28-60(29-25-58)49-86-80-54(6)45-64(46-55(80)7)62-32-36-66(37-33-62)88-72-42-40-69(82-68-21-17-16-18-52(68)4)74-76(72)79(85)77-73(43-41-70(75(77)78(74)84)83-71-44-51(3)22-23-53(71)5)89-67-38-34-63(35-39-67)65-47-56(8)81(57(9)48-65)87-50-61-30-26-59(27-31-61)20-15-13-11-2/h16-18,21-23,32-48,58-61,82-83H,10-15,19-20,24-31,49-50H2,1-9H3. The van der Waals surface area contributed by atoms with Gasteiger partial charge in [0.1, 0.15) is 11.5 Å². The zero-order valence-electron chi connectivity index (χ0n) is 54.3. The molecule has 0 atom stereocenters. The van der Waals surface area contributed by atoms with Crippen molar-refractivity contribution in [3.63, 3.8) is 0 Å². The lowest BCUT2D eigenvalue weighted by atomic mass is 9.80. The van der Waals surface area contributed by atoms with Crippen LogP contribution < -0.4 is 20.1 Å². The van der Waals surface area contributed by atoms with E-state index in [-0.39, 0.29) is 11.6 Å². The molecule has 2 saturated carbocycles. The molecule has 462 valence electrons. The van der Waals surface area contributed by atoms with E-state index in [9.17, 15) is 0 Å². The molecule has 0 spiro atoms. The van der Waals surface area contributed by atoms with Crippen molar-refractivity contribution in [2.24, 2.45) is 23.7 Å². The van der Waals surface area contributed by atoms with Crippen molar-refractivity contribution in [2.75, 3.05) is 23.8 Å². The fourth-order valence-electron chi connectivity index (χ4n) is 14.1. The molecule has 0 saturated heterocycles. The minimum atomic E-state index is -0.208. The van der Waals surface area contributed by atoms with Gasteiger partial charge in [0, 0.05) is 42.1 Å². The molecule has 0 aromatic heterocycles. The summed E-state index contributed by atoms with van der Waals surface area (Å²) in [4.78, 5) is 35.4. The average Bonchev–Trinajstić information content (AvgIpc) is 1.10. The van der Waals surface area contributed by atoms with E-state index in [1.54, 1.807) is 0 Å². The number of para-hydroxylation sites is 1. The van der Waals surface area contributed by atoms with Gasteiger partial charge in [-0.1, -0.05) is 169 Å². The molecule has 3 aliphatic rings. The Morgan fingerprint density at radius 2 is 0.787 bits per heavy atom. The number of fused-ring (bicyclic) bond motifs is 2. The fourth-order valence-corrected chi connectivity index (χ4v) is 16.0. The summed E-state index contributed by atoms with van der Waals surface area (Å²) in [5.41, 5.74) is 16.7. The van der Waals surface area contributed by atoms with E-state index < -0.39 is 0 Å². The summed E-state index contributed by atoms with van der Waals surface area (Å²) in [6.07, 6.45) is 21.2. The molecule has 0 unspecified atom stereocenters. The first kappa shape index (κ1) is 63.6. The topological polar surface area (TPSA) is 76.7 Å². The molecule has 11 rings (SSSR count). The number of hydrogen-bond donors (Lipinski definition) is 2. The number of nitrogens with one attached hydrogen (secondary N) is 2. The summed E-state index contributed by atoms with van der Waals surface area (Å²) in [5, 5.41) is 7.27.